The zero-order valence-corrected chi connectivity index (χ0v) is 9.82. The van der Waals surface area contributed by atoms with Crippen molar-refractivity contribution in [3.05, 3.63) is 28.8 Å². The normalized spacial score (nSPS) is 9.61. The molecule has 0 aliphatic carbocycles. The van der Waals surface area contributed by atoms with Crippen LogP contribution in [-0.4, -0.2) is 29.6 Å². The predicted octanol–water partition coefficient (Wildman–Crippen LogP) is 0.645. The summed E-state index contributed by atoms with van der Waals surface area (Å²) in [6.45, 7) is -0.345. The van der Waals surface area contributed by atoms with Crippen molar-refractivity contribution >= 4 is 35.2 Å². The van der Waals surface area contributed by atoms with Crippen LogP contribution in [0.25, 0.3) is 0 Å². The number of carboxylic acids is 1. The molecule has 0 bridgehead atoms. The second kappa shape index (κ2) is 5.87. The Hall–Kier alpha value is -2.28. The van der Waals surface area contributed by atoms with Gasteiger partial charge in [-0.25, -0.2) is 9.59 Å². The Balaban J connectivity index is 2.81. The molecule has 0 spiro atoms. The van der Waals surface area contributed by atoms with E-state index in [9.17, 15) is 14.4 Å². The first-order chi connectivity index (χ1) is 8.40. The lowest BCUT2D eigenvalue weighted by molar-refractivity contribution is -0.117. The highest BCUT2D eigenvalue weighted by Crippen LogP contribution is 2.20. The lowest BCUT2D eigenvalue weighted by Crippen LogP contribution is -2.36. The van der Waals surface area contributed by atoms with Gasteiger partial charge in [0.05, 0.1) is 17.8 Å². The number of benzene rings is 1. The fourth-order valence-corrected chi connectivity index (χ4v) is 1.31. The third kappa shape index (κ3) is 3.95. The van der Waals surface area contributed by atoms with Gasteiger partial charge in [-0.3, -0.25) is 4.79 Å². The van der Waals surface area contributed by atoms with Gasteiger partial charge in [0, 0.05) is 5.02 Å². The molecule has 0 aromatic heterocycles. The van der Waals surface area contributed by atoms with Gasteiger partial charge in [-0.15, -0.1) is 0 Å². The number of halogens is 1. The van der Waals surface area contributed by atoms with Crippen molar-refractivity contribution in [1.82, 2.24) is 5.32 Å². The molecule has 0 fully saturated rings. The van der Waals surface area contributed by atoms with Crippen LogP contribution in [-0.2, 0) is 4.79 Å². The molecule has 0 aliphatic rings. The largest absolute Gasteiger partial charge is 0.478 e. The first-order valence-electron chi connectivity index (χ1n) is 4.76. The summed E-state index contributed by atoms with van der Waals surface area (Å²) >= 11 is 5.65. The van der Waals surface area contributed by atoms with Gasteiger partial charge < -0.3 is 21.5 Å². The Labute approximate surface area is 107 Å². The van der Waals surface area contributed by atoms with Gasteiger partial charge in [0.2, 0.25) is 5.91 Å². The molecule has 0 radical (unpaired) electrons. The molecule has 0 unspecified atom stereocenters. The smallest absolute Gasteiger partial charge is 0.337 e. The first kappa shape index (κ1) is 13.8. The maximum Gasteiger partial charge on any atom is 0.337 e. The molecule has 1 aromatic rings. The number of carbonyl (C=O) groups excluding carboxylic acids is 2. The number of carbonyl (C=O) groups is 3. The minimum Gasteiger partial charge on any atom is -0.478 e. The molecule has 3 amide bonds. The molecule has 1 rings (SSSR count). The quantitative estimate of drug-likeness (QED) is 0.642. The molecular formula is C10H10ClN3O4. The second-order valence-electron chi connectivity index (χ2n) is 3.27. The first-order valence-corrected chi connectivity index (χ1v) is 5.14. The van der Waals surface area contributed by atoms with E-state index < -0.39 is 17.9 Å². The van der Waals surface area contributed by atoms with E-state index in [0.717, 1.165) is 0 Å². The minimum atomic E-state index is -1.23. The number of amides is 3. The summed E-state index contributed by atoms with van der Waals surface area (Å²) in [4.78, 5) is 32.7. The summed E-state index contributed by atoms with van der Waals surface area (Å²) in [5.41, 5.74) is 4.75. The molecular weight excluding hydrogens is 262 g/mol. The van der Waals surface area contributed by atoms with Crippen molar-refractivity contribution in [2.75, 3.05) is 11.9 Å². The third-order valence-electron chi connectivity index (χ3n) is 1.88. The van der Waals surface area contributed by atoms with Crippen molar-refractivity contribution in [3.63, 3.8) is 0 Å². The molecule has 18 heavy (non-hydrogen) atoms. The fraction of sp³-hybridized carbons (Fsp3) is 0.100. The van der Waals surface area contributed by atoms with Crippen molar-refractivity contribution in [1.29, 1.82) is 0 Å². The summed E-state index contributed by atoms with van der Waals surface area (Å²) in [5.74, 6) is -1.94. The van der Waals surface area contributed by atoms with E-state index >= 15 is 0 Å². The van der Waals surface area contributed by atoms with Crippen LogP contribution in [0.3, 0.4) is 0 Å². The number of aromatic carboxylic acids is 1. The fourth-order valence-electron chi connectivity index (χ4n) is 1.14. The van der Waals surface area contributed by atoms with E-state index in [1.54, 1.807) is 0 Å². The topological polar surface area (TPSA) is 122 Å². The number of carboxylic acid groups (broad SMARTS) is 1. The Morgan fingerprint density at radius 2 is 2.00 bits per heavy atom. The predicted molar refractivity (Wildman–Crippen MR) is 64.6 cm³/mol. The van der Waals surface area contributed by atoms with E-state index in [0.29, 0.717) is 0 Å². The van der Waals surface area contributed by atoms with Crippen LogP contribution in [0.15, 0.2) is 18.2 Å². The molecule has 7 nitrogen and oxygen atoms in total. The number of urea groups is 1. The van der Waals surface area contributed by atoms with Gasteiger partial charge in [-0.05, 0) is 18.2 Å². The third-order valence-corrected chi connectivity index (χ3v) is 2.12. The van der Waals surface area contributed by atoms with Crippen LogP contribution in [0.1, 0.15) is 10.4 Å². The van der Waals surface area contributed by atoms with Crippen LogP contribution in [0.4, 0.5) is 10.5 Å². The zero-order chi connectivity index (χ0) is 13.7. The average molecular weight is 272 g/mol. The monoisotopic (exact) mass is 271 g/mol. The van der Waals surface area contributed by atoms with Crippen LogP contribution in [0.5, 0.6) is 0 Å². The Kier molecular flexibility index (Phi) is 4.50. The molecule has 0 saturated carbocycles. The van der Waals surface area contributed by atoms with Gasteiger partial charge >= 0.3 is 12.0 Å². The number of nitrogens with one attached hydrogen (secondary N) is 2. The molecule has 0 saturated heterocycles. The second-order valence-corrected chi connectivity index (χ2v) is 3.71. The van der Waals surface area contributed by atoms with Gasteiger partial charge in [0.15, 0.2) is 0 Å². The number of hydrogen-bond donors (Lipinski definition) is 4. The average Bonchev–Trinajstić information content (AvgIpc) is 2.28. The van der Waals surface area contributed by atoms with Crippen molar-refractivity contribution in [2.45, 2.75) is 0 Å². The summed E-state index contributed by atoms with van der Waals surface area (Å²) in [6, 6.07) is 3.24. The van der Waals surface area contributed by atoms with Gasteiger partial charge in [0.1, 0.15) is 0 Å². The van der Waals surface area contributed by atoms with Gasteiger partial charge in [-0.2, -0.15) is 0 Å². The molecule has 0 atom stereocenters. The van der Waals surface area contributed by atoms with Gasteiger partial charge in [-0.1, -0.05) is 11.6 Å². The van der Waals surface area contributed by atoms with E-state index in [-0.39, 0.29) is 22.8 Å². The Morgan fingerprint density at radius 1 is 1.33 bits per heavy atom. The summed E-state index contributed by atoms with van der Waals surface area (Å²) in [7, 11) is 0. The van der Waals surface area contributed by atoms with Crippen LogP contribution in [0.2, 0.25) is 5.02 Å². The lowest BCUT2D eigenvalue weighted by Gasteiger charge is -2.09. The van der Waals surface area contributed by atoms with E-state index in [2.05, 4.69) is 10.6 Å². The number of anilines is 1. The minimum absolute atomic E-state index is 0.0638. The lowest BCUT2D eigenvalue weighted by atomic mass is 10.2. The number of hydrogen-bond acceptors (Lipinski definition) is 3. The van der Waals surface area contributed by atoms with E-state index in [1.807, 2.05) is 0 Å². The van der Waals surface area contributed by atoms with Crippen molar-refractivity contribution in [2.24, 2.45) is 5.73 Å². The number of primary amides is 1. The SMILES string of the molecule is NC(=O)CNC(=O)Nc1ccc(Cl)cc1C(=O)O. The van der Waals surface area contributed by atoms with Crippen LogP contribution >= 0.6 is 11.6 Å². The standard InChI is InChI=1S/C10H10ClN3O4/c11-5-1-2-7(6(3-5)9(16)17)14-10(18)13-4-8(12)15/h1-3H,4H2,(H2,12,15)(H,16,17)(H2,13,14,18). The summed E-state index contributed by atoms with van der Waals surface area (Å²) < 4.78 is 0. The highest BCUT2D eigenvalue weighted by atomic mass is 35.5. The van der Waals surface area contributed by atoms with Crippen molar-refractivity contribution < 1.29 is 19.5 Å². The number of nitrogens with two attached hydrogens (primary N) is 1. The highest BCUT2D eigenvalue weighted by molar-refractivity contribution is 6.31. The summed E-state index contributed by atoms with van der Waals surface area (Å²) in [5, 5.41) is 13.6. The van der Waals surface area contributed by atoms with Crippen LogP contribution in [0, 0.1) is 0 Å². The summed E-state index contributed by atoms with van der Waals surface area (Å²) in [6.07, 6.45) is 0. The van der Waals surface area contributed by atoms with Gasteiger partial charge in [0.25, 0.3) is 0 Å². The number of rotatable bonds is 4. The van der Waals surface area contributed by atoms with Crippen molar-refractivity contribution in [3.8, 4) is 0 Å². The highest BCUT2D eigenvalue weighted by Gasteiger charge is 2.13. The van der Waals surface area contributed by atoms with E-state index in [1.165, 1.54) is 18.2 Å². The molecule has 0 heterocycles. The van der Waals surface area contributed by atoms with E-state index in [4.69, 9.17) is 22.4 Å². The molecule has 8 heteroatoms. The molecule has 0 aliphatic heterocycles. The molecule has 5 N–H and O–H groups in total. The Morgan fingerprint density at radius 3 is 2.56 bits per heavy atom. The zero-order valence-electron chi connectivity index (χ0n) is 9.07. The maximum absolute atomic E-state index is 11.3. The molecule has 1 aromatic carbocycles. The van der Waals surface area contributed by atoms with Crippen LogP contribution < -0.4 is 16.4 Å². The molecule has 96 valence electrons. The maximum atomic E-state index is 11.3. The Bertz CT molecular complexity index is 504.